The molecular formula is C30H32Cl3N5O5S. The lowest BCUT2D eigenvalue weighted by Gasteiger charge is -2.35. The van der Waals surface area contributed by atoms with Crippen molar-refractivity contribution in [2.24, 2.45) is 4.99 Å². The molecule has 1 fully saturated rings. The topological polar surface area (TPSA) is 112 Å². The van der Waals surface area contributed by atoms with E-state index in [9.17, 15) is 18.0 Å². The average molecular weight is 681 g/mol. The van der Waals surface area contributed by atoms with Gasteiger partial charge in [-0.1, -0.05) is 47.5 Å². The second kappa shape index (κ2) is 13.7. The van der Waals surface area contributed by atoms with Crippen LogP contribution in [0.25, 0.3) is 0 Å². The van der Waals surface area contributed by atoms with Crippen molar-refractivity contribution in [2.45, 2.75) is 23.9 Å². The molecule has 0 saturated carbocycles. The second-order valence-corrected chi connectivity index (χ2v) is 13.3. The number of halogens is 3. The summed E-state index contributed by atoms with van der Waals surface area (Å²) in [6.07, 6.45) is 0. The molecule has 2 aliphatic heterocycles. The fraction of sp³-hybridized carbons (Fsp3) is 0.300. The number of rotatable bonds is 7. The van der Waals surface area contributed by atoms with Crippen LogP contribution < -0.4 is 10.1 Å². The van der Waals surface area contributed by atoms with Crippen LogP contribution in [0.4, 0.5) is 4.79 Å². The minimum absolute atomic E-state index is 0. The van der Waals surface area contributed by atoms with Crippen LogP contribution >= 0.6 is 35.6 Å². The highest BCUT2D eigenvalue weighted by atomic mass is 35.5. The Morgan fingerprint density at radius 3 is 2.20 bits per heavy atom. The number of piperazine rings is 1. The minimum Gasteiger partial charge on any atom is -0.493 e. The van der Waals surface area contributed by atoms with E-state index in [2.05, 4.69) is 5.32 Å². The maximum absolute atomic E-state index is 14.4. The van der Waals surface area contributed by atoms with Crippen molar-refractivity contribution in [1.29, 1.82) is 0 Å². The molecule has 2 unspecified atom stereocenters. The lowest BCUT2D eigenvalue weighted by atomic mass is 9.93. The van der Waals surface area contributed by atoms with Crippen molar-refractivity contribution in [3.05, 3.63) is 93.5 Å². The van der Waals surface area contributed by atoms with Gasteiger partial charge in [0.1, 0.15) is 24.2 Å². The van der Waals surface area contributed by atoms with E-state index in [-0.39, 0.29) is 47.9 Å². The van der Waals surface area contributed by atoms with Gasteiger partial charge in [-0.15, -0.1) is 12.4 Å². The number of amides is 3. The third-order valence-electron chi connectivity index (χ3n) is 7.28. The van der Waals surface area contributed by atoms with Crippen LogP contribution in [0.1, 0.15) is 35.7 Å². The molecule has 234 valence electrons. The molecule has 10 nitrogen and oxygen atoms in total. The molecule has 0 spiro atoms. The van der Waals surface area contributed by atoms with Gasteiger partial charge in [0.25, 0.3) is 0 Å². The number of carbonyl (C=O) groups is 2. The smallest absolute Gasteiger partial charge is 0.326 e. The van der Waals surface area contributed by atoms with Crippen molar-refractivity contribution in [3.63, 3.8) is 0 Å². The number of amidine groups is 1. The summed E-state index contributed by atoms with van der Waals surface area (Å²) in [7, 11) is -0.868. The van der Waals surface area contributed by atoms with Crippen LogP contribution in [0.2, 0.25) is 10.0 Å². The molecule has 1 saturated heterocycles. The molecular weight excluding hydrogens is 649 g/mol. The molecule has 2 heterocycles. The molecule has 2 atom stereocenters. The molecule has 5 rings (SSSR count). The lowest BCUT2D eigenvalue weighted by molar-refractivity contribution is -0.123. The Balaban J connectivity index is 0.00000442. The first-order valence-electron chi connectivity index (χ1n) is 13.6. The first kappa shape index (κ1) is 33.5. The summed E-state index contributed by atoms with van der Waals surface area (Å²) in [5.74, 6) is 0.279. The first-order valence-corrected chi connectivity index (χ1v) is 15.8. The molecule has 0 radical (unpaired) electrons. The largest absolute Gasteiger partial charge is 0.493 e. The summed E-state index contributed by atoms with van der Waals surface area (Å²) >= 11 is 12.4. The number of carbonyl (C=O) groups excluding carboxylic acids is 2. The molecule has 0 aliphatic carbocycles. The Kier molecular flexibility index (Phi) is 10.5. The number of nitrogens with zero attached hydrogens (tertiary/aromatic N) is 4. The van der Waals surface area contributed by atoms with Gasteiger partial charge >= 0.3 is 6.03 Å². The van der Waals surface area contributed by atoms with Crippen LogP contribution in [0.15, 0.2) is 76.6 Å². The van der Waals surface area contributed by atoms with Gasteiger partial charge in [-0.25, -0.2) is 17.5 Å². The fourth-order valence-corrected chi connectivity index (χ4v) is 6.31. The van der Waals surface area contributed by atoms with E-state index in [1.54, 1.807) is 42.2 Å². The van der Waals surface area contributed by atoms with Crippen LogP contribution in [-0.4, -0.2) is 80.6 Å². The molecule has 44 heavy (non-hydrogen) atoms. The van der Waals surface area contributed by atoms with Crippen LogP contribution in [0.5, 0.6) is 5.75 Å². The van der Waals surface area contributed by atoms with Crippen LogP contribution in [-0.2, 0) is 14.8 Å². The van der Waals surface area contributed by atoms with Crippen LogP contribution in [0.3, 0.4) is 0 Å². The highest BCUT2D eigenvalue weighted by molar-refractivity contribution is 7.89. The van der Waals surface area contributed by atoms with Gasteiger partial charge in [-0.3, -0.25) is 14.7 Å². The number of urea groups is 1. The zero-order chi connectivity index (χ0) is 30.9. The number of aliphatic imine (C=N–C) groups is 1. The highest BCUT2D eigenvalue weighted by Crippen LogP contribution is 2.45. The van der Waals surface area contributed by atoms with Crippen molar-refractivity contribution in [1.82, 2.24) is 19.4 Å². The summed E-state index contributed by atoms with van der Waals surface area (Å²) in [6.45, 7) is 2.55. The monoisotopic (exact) mass is 679 g/mol. The number of sulfonamides is 1. The van der Waals surface area contributed by atoms with Crippen LogP contribution in [0, 0.1) is 0 Å². The van der Waals surface area contributed by atoms with E-state index < -0.39 is 28.1 Å². The van der Waals surface area contributed by atoms with Gasteiger partial charge < -0.3 is 15.0 Å². The Morgan fingerprint density at radius 2 is 1.64 bits per heavy atom. The predicted octanol–water partition coefficient (Wildman–Crippen LogP) is 5.16. The molecule has 0 aromatic heterocycles. The van der Waals surface area contributed by atoms with E-state index in [1.165, 1.54) is 31.1 Å². The third-order valence-corrected chi connectivity index (χ3v) is 9.59. The Hall–Kier alpha value is -3.35. The van der Waals surface area contributed by atoms with Crippen molar-refractivity contribution in [3.8, 4) is 5.75 Å². The number of nitrogens with one attached hydrogen (secondary N) is 1. The zero-order valence-corrected chi connectivity index (χ0v) is 27.4. The van der Waals surface area contributed by atoms with Gasteiger partial charge in [-0.2, -0.15) is 0 Å². The molecule has 0 bridgehead atoms. The van der Waals surface area contributed by atoms with E-state index in [1.807, 2.05) is 24.3 Å². The van der Waals surface area contributed by atoms with Gasteiger partial charge in [0.05, 0.1) is 23.1 Å². The van der Waals surface area contributed by atoms with E-state index in [0.717, 1.165) is 15.4 Å². The summed E-state index contributed by atoms with van der Waals surface area (Å²) < 4.78 is 33.0. The van der Waals surface area contributed by atoms with E-state index >= 15 is 0 Å². The number of hydrogen-bond donors (Lipinski definition) is 1. The average Bonchev–Trinajstić information content (AvgIpc) is 3.38. The molecule has 14 heteroatoms. The maximum Gasteiger partial charge on any atom is 0.326 e. The molecule has 3 aromatic carbocycles. The Labute approximate surface area is 273 Å². The zero-order valence-electron chi connectivity index (χ0n) is 24.2. The highest BCUT2D eigenvalue weighted by Gasteiger charge is 2.45. The van der Waals surface area contributed by atoms with E-state index in [0.29, 0.717) is 28.7 Å². The molecule has 3 amide bonds. The normalized spacial score (nSPS) is 18.5. The fourth-order valence-electron chi connectivity index (χ4n) is 5.14. The predicted molar refractivity (Wildman–Crippen MR) is 172 cm³/mol. The summed E-state index contributed by atoms with van der Waals surface area (Å²) in [5, 5.41) is 3.84. The standard InChI is InChI=1S/C30H31Cl2N5O5S.ClH/c1-4-42-25-17-23(43(40,41)35(2)3)13-14-24(25)29-34-27(19-5-9-21(31)10-6-19)28(20-7-11-22(32)12-8-20)37(29)30(39)36-16-15-33-26(38)18-36;/h5-14,17,27-28H,4,15-16,18H2,1-3H3,(H,33,38);1H. The molecule has 2 aliphatic rings. The van der Waals surface area contributed by atoms with Crippen molar-refractivity contribution < 1.29 is 22.7 Å². The SMILES string of the molecule is CCOc1cc(S(=O)(=O)N(C)C)ccc1C1=NC(c2ccc(Cl)cc2)C(c2ccc(Cl)cc2)N1C(=O)N1CCNC(=O)C1.Cl. The van der Waals surface area contributed by atoms with Gasteiger partial charge in [0.2, 0.25) is 15.9 Å². The summed E-state index contributed by atoms with van der Waals surface area (Å²) in [5.41, 5.74) is 2.01. The van der Waals surface area contributed by atoms with Gasteiger partial charge in [0, 0.05) is 43.3 Å². The molecule has 1 N–H and O–H groups in total. The lowest BCUT2D eigenvalue weighted by Crippen LogP contribution is -2.55. The summed E-state index contributed by atoms with van der Waals surface area (Å²) in [6, 6.07) is 17.3. The van der Waals surface area contributed by atoms with Gasteiger partial charge in [0.15, 0.2) is 0 Å². The Morgan fingerprint density at radius 1 is 1.02 bits per heavy atom. The maximum atomic E-state index is 14.4. The number of hydrogen-bond acceptors (Lipinski definition) is 6. The number of benzene rings is 3. The van der Waals surface area contributed by atoms with Crippen molar-refractivity contribution in [2.75, 3.05) is 40.3 Å². The molecule has 3 aromatic rings. The first-order chi connectivity index (χ1) is 20.5. The summed E-state index contributed by atoms with van der Waals surface area (Å²) in [4.78, 5) is 34.9. The third kappa shape index (κ3) is 6.67. The van der Waals surface area contributed by atoms with E-state index in [4.69, 9.17) is 32.9 Å². The Bertz CT molecular complexity index is 1670. The number of ether oxygens (including phenoxy) is 1. The second-order valence-electron chi connectivity index (χ2n) is 10.2. The quantitative estimate of drug-likeness (QED) is 0.371. The van der Waals surface area contributed by atoms with Gasteiger partial charge in [-0.05, 0) is 54.4 Å². The van der Waals surface area contributed by atoms with Crippen molar-refractivity contribution >= 4 is 63.4 Å². The minimum atomic E-state index is -3.77.